The molecular formula is C15H12NO3-. The summed E-state index contributed by atoms with van der Waals surface area (Å²) in [6, 6.07) is 13.2. The maximum Gasteiger partial charge on any atom is 0.255 e. The average molecular weight is 254 g/mol. The highest BCUT2D eigenvalue weighted by molar-refractivity contribution is 6.07. The van der Waals surface area contributed by atoms with Gasteiger partial charge in [0.1, 0.15) is 0 Å². The Morgan fingerprint density at radius 1 is 1.00 bits per heavy atom. The van der Waals surface area contributed by atoms with Gasteiger partial charge in [-0.2, -0.15) is 0 Å². The molecule has 1 N–H and O–H groups in total. The second kappa shape index (κ2) is 5.35. The summed E-state index contributed by atoms with van der Waals surface area (Å²) in [4.78, 5) is 22.9. The molecule has 0 aliphatic heterocycles. The number of nitrogens with one attached hydrogen (secondary N) is 1. The number of rotatable bonds is 3. The number of hydrogen-bond acceptors (Lipinski definition) is 3. The number of aryl methyl sites for hydroxylation is 1. The van der Waals surface area contributed by atoms with Crippen molar-refractivity contribution >= 4 is 17.6 Å². The van der Waals surface area contributed by atoms with Crippen molar-refractivity contribution in [1.29, 1.82) is 0 Å². The molecule has 0 saturated heterocycles. The van der Waals surface area contributed by atoms with Gasteiger partial charge in [-0.05, 0) is 25.1 Å². The summed E-state index contributed by atoms with van der Waals surface area (Å²) in [5.74, 6) is -1.67. The van der Waals surface area contributed by atoms with Crippen LogP contribution in [0.25, 0.3) is 0 Å². The minimum Gasteiger partial charge on any atom is -0.545 e. The minimum atomic E-state index is -1.32. The normalized spacial score (nSPS) is 9.95. The number of carboxylic acid groups (broad SMARTS) is 1. The smallest absolute Gasteiger partial charge is 0.255 e. The summed E-state index contributed by atoms with van der Waals surface area (Å²) in [5, 5.41) is 13.5. The topological polar surface area (TPSA) is 69.2 Å². The molecule has 2 aromatic carbocycles. The fourth-order valence-electron chi connectivity index (χ4n) is 1.67. The first kappa shape index (κ1) is 12.8. The Balaban J connectivity index is 2.24. The van der Waals surface area contributed by atoms with Crippen LogP contribution in [0.1, 0.15) is 26.3 Å². The zero-order valence-electron chi connectivity index (χ0n) is 10.3. The summed E-state index contributed by atoms with van der Waals surface area (Å²) >= 11 is 0. The van der Waals surface area contributed by atoms with Crippen molar-refractivity contribution in [1.82, 2.24) is 0 Å². The molecule has 96 valence electrons. The van der Waals surface area contributed by atoms with E-state index in [1.807, 2.05) is 19.1 Å². The number of aromatic carboxylic acids is 1. The van der Waals surface area contributed by atoms with Crippen LogP contribution in [0, 0.1) is 6.92 Å². The van der Waals surface area contributed by atoms with Gasteiger partial charge in [-0.1, -0.05) is 35.9 Å². The van der Waals surface area contributed by atoms with Crippen LogP contribution in [0.4, 0.5) is 5.69 Å². The predicted octanol–water partition coefficient (Wildman–Crippen LogP) is 1.61. The molecule has 0 fully saturated rings. The zero-order valence-corrected chi connectivity index (χ0v) is 10.3. The van der Waals surface area contributed by atoms with Gasteiger partial charge in [0.25, 0.3) is 5.91 Å². The Bertz CT molecular complexity index is 618. The van der Waals surface area contributed by atoms with Crippen molar-refractivity contribution in [2.24, 2.45) is 0 Å². The minimum absolute atomic E-state index is 0.0389. The highest BCUT2D eigenvalue weighted by atomic mass is 16.4. The first-order chi connectivity index (χ1) is 9.08. The standard InChI is InChI=1S/C15H13NO3/c1-10-6-8-11(9-7-10)14(17)16-13-5-3-2-4-12(13)15(18)19/h2-9H,1H3,(H,16,17)(H,18,19)/p-1. The van der Waals surface area contributed by atoms with Gasteiger partial charge in [0, 0.05) is 11.1 Å². The summed E-state index contributed by atoms with van der Waals surface area (Å²) in [5.41, 5.74) is 1.71. The van der Waals surface area contributed by atoms with Gasteiger partial charge in [-0.15, -0.1) is 0 Å². The molecule has 4 heteroatoms. The molecule has 0 aromatic heterocycles. The summed E-state index contributed by atoms with van der Waals surface area (Å²) < 4.78 is 0. The number of benzene rings is 2. The van der Waals surface area contributed by atoms with Crippen molar-refractivity contribution in [3.63, 3.8) is 0 Å². The maximum absolute atomic E-state index is 12.0. The highest BCUT2D eigenvalue weighted by Gasteiger charge is 2.08. The molecule has 0 unspecified atom stereocenters. The largest absolute Gasteiger partial charge is 0.545 e. The average Bonchev–Trinajstić information content (AvgIpc) is 2.39. The molecule has 1 amide bonds. The van der Waals surface area contributed by atoms with E-state index < -0.39 is 5.97 Å². The van der Waals surface area contributed by atoms with Crippen LogP contribution in [0.5, 0.6) is 0 Å². The molecule has 0 atom stereocenters. The first-order valence-corrected chi connectivity index (χ1v) is 5.76. The Hall–Kier alpha value is -2.62. The van der Waals surface area contributed by atoms with Gasteiger partial charge in [0.05, 0.1) is 11.7 Å². The van der Waals surface area contributed by atoms with Crippen LogP contribution in [0.3, 0.4) is 0 Å². The third-order valence-corrected chi connectivity index (χ3v) is 2.71. The number of amides is 1. The van der Waals surface area contributed by atoms with Gasteiger partial charge >= 0.3 is 0 Å². The molecule has 19 heavy (non-hydrogen) atoms. The van der Waals surface area contributed by atoms with Gasteiger partial charge in [0.15, 0.2) is 0 Å². The van der Waals surface area contributed by atoms with E-state index in [4.69, 9.17) is 0 Å². The van der Waals surface area contributed by atoms with Crippen molar-refractivity contribution in [3.05, 3.63) is 65.2 Å². The van der Waals surface area contributed by atoms with Crippen LogP contribution in [0.2, 0.25) is 0 Å². The van der Waals surface area contributed by atoms with E-state index in [0.717, 1.165) is 5.56 Å². The molecule has 0 heterocycles. The molecule has 0 aliphatic rings. The fourth-order valence-corrected chi connectivity index (χ4v) is 1.67. The Kier molecular flexibility index (Phi) is 3.61. The third kappa shape index (κ3) is 2.98. The fraction of sp³-hybridized carbons (Fsp3) is 0.0667. The lowest BCUT2D eigenvalue weighted by atomic mass is 10.1. The van der Waals surface area contributed by atoms with E-state index in [-0.39, 0.29) is 17.2 Å². The number of anilines is 1. The van der Waals surface area contributed by atoms with E-state index in [1.54, 1.807) is 24.3 Å². The van der Waals surface area contributed by atoms with Crippen LogP contribution in [-0.2, 0) is 0 Å². The van der Waals surface area contributed by atoms with Gasteiger partial charge < -0.3 is 15.2 Å². The SMILES string of the molecule is Cc1ccc(C(=O)Nc2ccccc2C(=O)[O-])cc1. The number of para-hydroxylation sites is 1. The Morgan fingerprint density at radius 3 is 2.26 bits per heavy atom. The second-order valence-electron chi connectivity index (χ2n) is 4.15. The summed E-state index contributed by atoms with van der Waals surface area (Å²) in [6.07, 6.45) is 0. The molecule has 0 aliphatic carbocycles. The highest BCUT2D eigenvalue weighted by Crippen LogP contribution is 2.15. The van der Waals surface area contributed by atoms with E-state index >= 15 is 0 Å². The van der Waals surface area contributed by atoms with Crippen LogP contribution >= 0.6 is 0 Å². The molecule has 0 radical (unpaired) electrons. The number of carboxylic acids is 1. The predicted molar refractivity (Wildman–Crippen MR) is 69.9 cm³/mol. The lowest BCUT2D eigenvalue weighted by Gasteiger charge is -2.11. The van der Waals surface area contributed by atoms with Crippen molar-refractivity contribution in [2.45, 2.75) is 6.92 Å². The maximum atomic E-state index is 12.0. The monoisotopic (exact) mass is 254 g/mol. The lowest BCUT2D eigenvalue weighted by Crippen LogP contribution is -2.24. The van der Waals surface area contributed by atoms with Gasteiger partial charge in [-0.3, -0.25) is 4.79 Å². The quantitative estimate of drug-likeness (QED) is 0.904. The van der Waals surface area contributed by atoms with Gasteiger partial charge in [0.2, 0.25) is 0 Å². The Morgan fingerprint density at radius 2 is 1.63 bits per heavy atom. The third-order valence-electron chi connectivity index (χ3n) is 2.71. The van der Waals surface area contributed by atoms with E-state index in [2.05, 4.69) is 5.32 Å². The number of carbonyl (C=O) groups is 2. The summed E-state index contributed by atoms with van der Waals surface area (Å²) in [7, 11) is 0. The zero-order chi connectivity index (χ0) is 13.8. The molecule has 0 spiro atoms. The molecule has 0 bridgehead atoms. The molecule has 2 rings (SSSR count). The molecular weight excluding hydrogens is 242 g/mol. The molecule has 4 nitrogen and oxygen atoms in total. The molecule has 2 aromatic rings. The van der Waals surface area contributed by atoms with E-state index in [9.17, 15) is 14.7 Å². The van der Waals surface area contributed by atoms with Crippen LogP contribution in [0.15, 0.2) is 48.5 Å². The number of carbonyl (C=O) groups excluding carboxylic acids is 2. The van der Waals surface area contributed by atoms with Gasteiger partial charge in [-0.25, -0.2) is 0 Å². The second-order valence-corrected chi connectivity index (χ2v) is 4.15. The van der Waals surface area contributed by atoms with E-state index in [1.165, 1.54) is 12.1 Å². The first-order valence-electron chi connectivity index (χ1n) is 5.76. The number of hydrogen-bond donors (Lipinski definition) is 1. The molecule has 0 saturated carbocycles. The van der Waals surface area contributed by atoms with E-state index in [0.29, 0.717) is 5.56 Å². The Labute approximate surface area is 110 Å². The van der Waals surface area contributed by atoms with Crippen LogP contribution in [-0.4, -0.2) is 11.9 Å². The summed E-state index contributed by atoms with van der Waals surface area (Å²) in [6.45, 7) is 1.92. The van der Waals surface area contributed by atoms with Crippen molar-refractivity contribution in [3.8, 4) is 0 Å². The van der Waals surface area contributed by atoms with Crippen LogP contribution < -0.4 is 10.4 Å². The van der Waals surface area contributed by atoms with Crippen molar-refractivity contribution in [2.75, 3.05) is 5.32 Å². The van der Waals surface area contributed by atoms with Crippen molar-refractivity contribution < 1.29 is 14.7 Å². The lowest BCUT2D eigenvalue weighted by molar-refractivity contribution is -0.254.